The molecule has 0 spiro atoms. The zero-order valence-corrected chi connectivity index (χ0v) is 12.7. The van der Waals surface area contributed by atoms with Crippen molar-refractivity contribution in [2.75, 3.05) is 0 Å². The molecule has 7 heteroatoms. The molecule has 20 heavy (non-hydrogen) atoms. The topological polar surface area (TPSA) is 58.5 Å². The number of allylic oxidation sites excluding steroid dienone is 2. The van der Waals surface area contributed by atoms with Crippen LogP contribution in [0.3, 0.4) is 0 Å². The molecule has 1 aromatic heterocycles. The van der Waals surface area contributed by atoms with Crippen LogP contribution in [0.2, 0.25) is 0 Å². The van der Waals surface area contributed by atoms with Gasteiger partial charge in [-0.2, -0.15) is 0 Å². The van der Waals surface area contributed by atoms with Gasteiger partial charge in [-0.1, -0.05) is 18.3 Å². The molecule has 2 heterocycles. The van der Waals surface area contributed by atoms with Crippen LogP contribution in [0.15, 0.2) is 22.8 Å². The van der Waals surface area contributed by atoms with Crippen molar-refractivity contribution in [1.29, 1.82) is 0 Å². The van der Waals surface area contributed by atoms with E-state index in [2.05, 4.69) is 30.8 Å². The van der Waals surface area contributed by atoms with Gasteiger partial charge in [0.15, 0.2) is 0 Å². The van der Waals surface area contributed by atoms with Gasteiger partial charge >= 0.3 is 0 Å². The van der Waals surface area contributed by atoms with Gasteiger partial charge in [-0.15, -0.1) is 3.98 Å². The monoisotopic (exact) mass is 308 g/mol. The van der Waals surface area contributed by atoms with Crippen molar-refractivity contribution in [3.63, 3.8) is 0 Å². The van der Waals surface area contributed by atoms with Crippen LogP contribution in [0, 0.1) is 10.1 Å². The molecule has 1 aliphatic carbocycles. The summed E-state index contributed by atoms with van der Waals surface area (Å²) in [5.74, 6) is 0. The number of rotatable bonds is 2. The van der Waals surface area contributed by atoms with Crippen molar-refractivity contribution < 1.29 is 8.90 Å². The SMILES string of the molecule is CCc1cc2c(s1)[N+](S)=C1CCC([N+](=O)[O-])=CC1=NC2. The molecular weight excluding hydrogens is 294 g/mol. The smallest absolute Gasteiger partial charge is 0.274 e. The number of aliphatic imine (C=N–C) groups is 1. The van der Waals surface area contributed by atoms with E-state index >= 15 is 0 Å². The number of aryl methyl sites for hydroxylation is 1. The Labute approximate surface area is 126 Å². The van der Waals surface area contributed by atoms with Gasteiger partial charge in [-0.25, -0.2) is 0 Å². The van der Waals surface area contributed by atoms with E-state index in [9.17, 15) is 10.1 Å². The van der Waals surface area contributed by atoms with E-state index in [0.29, 0.717) is 25.1 Å². The maximum atomic E-state index is 10.9. The van der Waals surface area contributed by atoms with Crippen LogP contribution in [0.5, 0.6) is 0 Å². The normalized spacial score (nSPS) is 17.9. The molecule has 0 aromatic carbocycles. The Balaban J connectivity index is 2.09. The summed E-state index contributed by atoms with van der Waals surface area (Å²) in [4.78, 5) is 16.4. The van der Waals surface area contributed by atoms with E-state index in [0.717, 1.165) is 22.7 Å². The lowest BCUT2D eigenvalue weighted by molar-refractivity contribution is -0.427. The fraction of sp³-hybridized carbons (Fsp3) is 0.385. The van der Waals surface area contributed by atoms with Gasteiger partial charge in [0.25, 0.3) is 5.00 Å². The first-order valence-electron chi connectivity index (χ1n) is 6.46. The van der Waals surface area contributed by atoms with E-state index in [1.54, 1.807) is 17.4 Å². The van der Waals surface area contributed by atoms with Crippen molar-refractivity contribution >= 4 is 40.6 Å². The van der Waals surface area contributed by atoms with Crippen molar-refractivity contribution in [2.24, 2.45) is 4.99 Å². The number of fused-ring (bicyclic) bond motifs is 2. The molecule has 3 rings (SSSR count). The second-order valence-electron chi connectivity index (χ2n) is 4.75. The fourth-order valence-electron chi connectivity index (χ4n) is 2.42. The molecule has 104 valence electrons. The number of thiol groups is 1. The van der Waals surface area contributed by atoms with E-state index in [1.807, 2.05) is 3.98 Å². The van der Waals surface area contributed by atoms with Crippen LogP contribution < -0.4 is 0 Å². The van der Waals surface area contributed by atoms with E-state index in [-0.39, 0.29) is 10.6 Å². The van der Waals surface area contributed by atoms with Gasteiger partial charge in [-0.05, 0) is 12.5 Å². The minimum absolute atomic E-state index is 0.230. The molecule has 0 bridgehead atoms. The lowest BCUT2D eigenvalue weighted by Gasteiger charge is -2.07. The van der Waals surface area contributed by atoms with Gasteiger partial charge in [-0.3, -0.25) is 15.1 Å². The Kier molecular flexibility index (Phi) is 3.47. The van der Waals surface area contributed by atoms with Crippen molar-refractivity contribution in [3.8, 4) is 0 Å². The third-order valence-corrected chi connectivity index (χ3v) is 5.39. The second kappa shape index (κ2) is 5.14. The summed E-state index contributed by atoms with van der Waals surface area (Å²) in [7, 11) is 0. The molecule has 0 unspecified atom stereocenters. The summed E-state index contributed by atoms with van der Waals surface area (Å²) < 4.78 is 1.86. The predicted molar refractivity (Wildman–Crippen MR) is 83.1 cm³/mol. The maximum absolute atomic E-state index is 10.9. The fourth-order valence-corrected chi connectivity index (χ4v) is 3.92. The summed E-state index contributed by atoms with van der Waals surface area (Å²) in [5, 5.41) is 12.0. The maximum Gasteiger partial charge on any atom is 0.280 e. The molecule has 0 amide bonds. The zero-order chi connectivity index (χ0) is 14.3. The second-order valence-corrected chi connectivity index (χ2v) is 6.26. The summed E-state index contributed by atoms with van der Waals surface area (Å²) in [6, 6.07) is 2.16. The van der Waals surface area contributed by atoms with Crippen LogP contribution in [0.1, 0.15) is 30.2 Å². The van der Waals surface area contributed by atoms with Gasteiger partial charge in [0.1, 0.15) is 18.5 Å². The highest BCUT2D eigenvalue weighted by Crippen LogP contribution is 2.35. The molecule has 0 saturated carbocycles. The number of hydrogen-bond acceptors (Lipinski definition) is 5. The van der Waals surface area contributed by atoms with Crippen LogP contribution in [-0.4, -0.2) is 20.3 Å². The summed E-state index contributed by atoms with van der Waals surface area (Å²) in [6.07, 6.45) is 3.61. The van der Waals surface area contributed by atoms with E-state index in [1.165, 1.54) is 4.88 Å². The minimum Gasteiger partial charge on any atom is -0.274 e. The third kappa shape index (κ3) is 2.20. The Bertz CT molecular complexity index is 686. The highest BCUT2D eigenvalue weighted by atomic mass is 32.1. The molecule has 0 fully saturated rings. The molecule has 0 N–H and O–H groups in total. The van der Waals surface area contributed by atoms with Crippen LogP contribution in [-0.2, 0) is 13.0 Å². The minimum atomic E-state index is -0.321. The molecule has 1 aliphatic heterocycles. The Hall–Kier alpha value is -1.47. The van der Waals surface area contributed by atoms with Gasteiger partial charge in [0.05, 0.1) is 17.0 Å². The lowest BCUT2D eigenvalue weighted by atomic mass is 10.0. The van der Waals surface area contributed by atoms with Crippen molar-refractivity contribution in [1.82, 2.24) is 0 Å². The summed E-state index contributed by atoms with van der Waals surface area (Å²) >= 11 is 6.31. The highest BCUT2D eigenvalue weighted by Gasteiger charge is 2.33. The van der Waals surface area contributed by atoms with E-state index < -0.39 is 0 Å². The van der Waals surface area contributed by atoms with Crippen molar-refractivity contribution in [3.05, 3.63) is 38.4 Å². The Morgan fingerprint density at radius 2 is 2.35 bits per heavy atom. The first-order chi connectivity index (χ1) is 9.60. The summed E-state index contributed by atoms with van der Waals surface area (Å²) in [6.45, 7) is 2.69. The van der Waals surface area contributed by atoms with Crippen LogP contribution in [0.4, 0.5) is 5.00 Å². The molecule has 5 nitrogen and oxygen atoms in total. The first-order valence-corrected chi connectivity index (χ1v) is 7.68. The Morgan fingerprint density at radius 3 is 3.05 bits per heavy atom. The van der Waals surface area contributed by atoms with Gasteiger partial charge < -0.3 is 0 Å². The predicted octanol–water partition coefficient (Wildman–Crippen LogP) is 3.15. The highest BCUT2D eigenvalue weighted by molar-refractivity contribution is 7.74. The molecular formula is C13H14N3O2S2+. The van der Waals surface area contributed by atoms with E-state index in [4.69, 9.17) is 0 Å². The molecule has 0 saturated heterocycles. The average Bonchev–Trinajstić information content (AvgIpc) is 2.82. The molecule has 0 atom stereocenters. The first kappa shape index (κ1) is 13.5. The molecule has 1 aromatic rings. The largest absolute Gasteiger partial charge is 0.280 e. The zero-order valence-electron chi connectivity index (χ0n) is 11.0. The quantitative estimate of drug-likeness (QED) is 0.395. The number of nitrogens with zero attached hydrogens (tertiary/aromatic N) is 3. The molecule has 0 radical (unpaired) electrons. The van der Waals surface area contributed by atoms with Crippen LogP contribution in [0.25, 0.3) is 0 Å². The van der Waals surface area contributed by atoms with Gasteiger partial charge in [0.2, 0.25) is 11.4 Å². The number of thiophene rings is 1. The summed E-state index contributed by atoms with van der Waals surface area (Å²) in [5.41, 5.74) is 3.03. The molecule has 2 aliphatic rings. The Morgan fingerprint density at radius 1 is 1.55 bits per heavy atom. The van der Waals surface area contributed by atoms with Crippen molar-refractivity contribution in [2.45, 2.75) is 32.7 Å². The lowest BCUT2D eigenvalue weighted by Crippen LogP contribution is -2.24. The van der Waals surface area contributed by atoms with Gasteiger partial charge in [0, 0.05) is 23.8 Å². The average molecular weight is 308 g/mol. The number of hydrogen-bond donors (Lipinski definition) is 1. The third-order valence-electron chi connectivity index (χ3n) is 3.51. The van der Waals surface area contributed by atoms with Crippen LogP contribution >= 0.6 is 24.2 Å². The standard InChI is InChI=1S/C13H14N3O2S2/c1-2-10-5-8-7-14-11-6-9(16(17)18)3-4-12(11)15(19)13(8)20-10/h5-6,19H,2-4,7H2,1H3/q+1. The number of nitro groups is 1.